The van der Waals surface area contributed by atoms with Crippen LogP contribution < -0.4 is 10.6 Å². The maximum absolute atomic E-state index is 13.2. The van der Waals surface area contributed by atoms with Crippen LogP contribution in [0.2, 0.25) is 0 Å². The van der Waals surface area contributed by atoms with Gasteiger partial charge in [0.2, 0.25) is 11.8 Å². The molecule has 0 saturated heterocycles. The van der Waals surface area contributed by atoms with Crippen LogP contribution in [0.25, 0.3) is 22.2 Å². The summed E-state index contributed by atoms with van der Waals surface area (Å²) in [5.41, 5.74) is 4.15. The van der Waals surface area contributed by atoms with Gasteiger partial charge in [0.25, 0.3) is 0 Å². The quantitative estimate of drug-likeness (QED) is 0.438. The minimum absolute atomic E-state index is 0.296. The molecule has 0 radical (unpaired) electrons. The molecule has 2 amide bonds. The number of rotatable bonds is 5. The highest BCUT2D eigenvalue weighted by Gasteiger charge is 2.13. The van der Waals surface area contributed by atoms with Gasteiger partial charge in [0.1, 0.15) is 17.9 Å². The van der Waals surface area contributed by atoms with Crippen molar-refractivity contribution < 1.29 is 14.0 Å². The Bertz CT molecular complexity index is 1230. The normalized spacial score (nSPS) is 10.7. The van der Waals surface area contributed by atoms with Crippen LogP contribution in [-0.4, -0.2) is 27.0 Å². The summed E-state index contributed by atoms with van der Waals surface area (Å²) in [5.74, 6) is -1.48. The van der Waals surface area contributed by atoms with E-state index in [1.54, 1.807) is 24.4 Å². The van der Waals surface area contributed by atoms with E-state index in [0.717, 1.165) is 27.9 Å². The third-order valence-corrected chi connectivity index (χ3v) is 4.46. The van der Waals surface area contributed by atoms with Crippen LogP contribution in [-0.2, 0) is 9.59 Å². The summed E-state index contributed by atoms with van der Waals surface area (Å²) in [6.07, 6.45) is 1.37. The van der Waals surface area contributed by atoms with Crippen LogP contribution >= 0.6 is 0 Å². The van der Waals surface area contributed by atoms with Crippen molar-refractivity contribution in [3.63, 3.8) is 0 Å². The Balaban J connectivity index is 1.43. The maximum atomic E-state index is 13.2. The number of nitrogens with zero attached hydrogens (tertiary/aromatic N) is 2. The molecular weight excluding hydrogens is 385 g/mol. The first-order valence-corrected chi connectivity index (χ1v) is 9.24. The van der Waals surface area contributed by atoms with Crippen LogP contribution in [0.4, 0.5) is 15.8 Å². The number of aromatic amines is 1. The Labute approximate surface area is 171 Å². The number of benzene rings is 2. The summed E-state index contributed by atoms with van der Waals surface area (Å²) in [4.78, 5) is 28.5. The van der Waals surface area contributed by atoms with Crippen molar-refractivity contribution >= 4 is 34.1 Å². The van der Waals surface area contributed by atoms with E-state index in [1.807, 2.05) is 25.1 Å². The number of carbonyl (C=O) groups excluding carboxylic acids is 2. The zero-order chi connectivity index (χ0) is 21.1. The molecule has 0 atom stereocenters. The van der Waals surface area contributed by atoms with Crippen LogP contribution in [0.15, 0.2) is 60.8 Å². The summed E-state index contributed by atoms with van der Waals surface area (Å²) in [6.45, 7) is 1.92. The van der Waals surface area contributed by atoms with Crippen molar-refractivity contribution in [2.24, 2.45) is 0 Å². The van der Waals surface area contributed by atoms with E-state index in [0.29, 0.717) is 11.4 Å². The van der Waals surface area contributed by atoms with Crippen molar-refractivity contribution in [2.45, 2.75) is 13.3 Å². The Hall–Kier alpha value is -4.07. The molecule has 0 unspecified atom stereocenters. The highest BCUT2D eigenvalue weighted by Crippen LogP contribution is 2.27. The summed E-state index contributed by atoms with van der Waals surface area (Å²) in [6, 6.07) is 14.7. The number of carbonyl (C=O) groups is 2. The number of nitrogens with one attached hydrogen (secondary N) is 3. The Kier molecular flexibility index (Phi) is 5.21. The largest absolute Gasteiger partial charge is 0.326 e. The van der Waals surface area contributed by atoms with Gasteiger partial charge in [-0.2, -0.15) is 5.10 Å². The number of aromatic nitrogens is 3. The van der Waals surface area contributed by atoms with E-state index in [-0.39, 0.29) is 0 Å². The third-order valence-electron chi connectivity index (χ3n) is 4.46. The number of hydrogen-bond acceptors (Lipinski definition) is 4. The standard InChI is InChI=1S/C22H18FN5O2/c1-13-5-6-14(12-24-13)22-18-8-7-17(10-19(18)27-28-22)26-21(30)11-20(29)25-16-4-2-3-15(23)9-16/h2-10,12H,11H2,1H3,(H,25,29)(H,26,30)(H,27,28). The molecule has 0 aliphatic carbocycles. The maximum Gasteiger partial charge on any atom is 0.233 e. The van der Waals surface area contributed by atoms with E-state index in [9.17, 15) is 14.0 Å². The molecule has 150 valence electrons. The third kappa shape index (κ3) is 4.33. The molecule has 0 saturated carbocycles. The number of pyridine rings is 1. The molecule has 0 fully saturated rings. The Morgan fingerprint density at radius 1 is 1.00 bits per heavy atom. The molecule has 4 rings (SSSR count). The van der Waals surface area contributed by atoms with E-state index < -0.39 is 24.1 Å². The van der Waals surface area contributed by atoms with Gasteiger partial charge in [-0.25, -0.2) is 4.39 Å². The van der Waals surface area contributed by atoms with Crippen molar-refractivity contribution in [1.29, 1.82) is 0 Å². The predicted molar refractivity (Wildman–Crippen MR) is 112 cm³/mol. The smallest absolute Gasteiger partial charge is 0.233 e. The fourth-order valence-electron chi connectivity index (χ4n) is 3.05. The SMILES string of the molecule is Cc1ccc(-c2n[nH]c3cc(NC(=O)CC(=O)Nc4cccc(F)c4)ccc23)cn1. The van der Waals surface area contributed by atoms with Gasteiger partial charge in [-0.1, -0.05) is 6.07 Å². The topological polar surface area (TPSA) is 99.8 Å². The molecule has 0 aliphatic heterocycles. The van der Waals surface area contributed by atoms with Gasteiger partial charge in [0.05, 0.1) is 5.52 Å². The van der Waals surface area contributed by atoms with Gasteiger partial charge in [0.15, 0.2) is 0 Å². The fraction of sp³-hybridized carbons (Fsp3) is 0.0909. The van der Waals surface area contributed by atoms with Crippen molar-refractivity contribution in [3.05, 3.63) is 72.3 Å². The second-order valence-electron chi connectivity index (χ2n) is 6.80. The van der Waals surface area contributed by atoms with Crippen molar-refractivity contribution in [2.75, 3.05) is 10.6 Å². The first-order valence-electron chi connectivity index (χ1n) is 9.24. The average molecular weight is 403 g/mol. The molecule has 7 nitrogen and oxygen atoms in total. The van der Waals surface area contributed by atoms with Gasteiger partial charge in [-0.3, -0.25) is 19.7 Å². The molecule has 2 heterocycles. The van der Waals surface area contributed by atoms with Crippen LogP contribution in [0.5, 0.6) is 0 Å². The first kappa shape index (κ1) is 19.3. The van der Waals surface area contributed by atoms with E-state index in [4.69, 9.17) is 0 Å². The average Bonchev–Trinajstić information content (AvgIpc) is 3.11. The summed E-state index contributed by atoms with van der Waals surface area (Å²) in [7, 11) is 0. The monoisotopic (exact) mass is 403 g/mol. The number of hydrogen-bond donors (Lipinski definition) is 3. The highest BCUT2D eigenvalue weighted by molar-refractivity contribution is 6.08. The van der Waals surface area contributed by atoms with Gasteiger partial charge in [-0.05, 0) is 55.5 Å². The molecule has 0 spiro atoms. The first-order chi connectivity index (χ1) is 14.5. The van der Waals surface area contributed by atoms with Gasteiger partial charge in [-0.15, -0.1) is 0 Å². The molecule has 2 aromatic heterocycles. The molecular formula is C22H18FN5O2. The van der Waals surface area contributed by atoms with Crippen LogP contribution in [0.1, 0.15) is 12.1 Å². The van der Waals surface area contributed by atoms with Gasteiger partial charge < -0.3 is 10.6 Å². The lowest BCUT2D eigenvalue weighted by Gasteiger charge is -2.07. The molecule has 0 bridgehead atoms. The van der Waals surface area contributed by atoms with E-state index in [2.05, 4.69) is 25.8 Å². The lowest BCUT2D eigenvalue weighted by molar-refractivity contribution is -0.123. The lowest BCUT2D eigenvalue weighted by atomic mass is 10.1. The van der Waals surface area contributed by atoms with Crippen LogP contribution in [0, 0.1) is 12.7 Å². The number of anilines is 2. The number of amides is 2. The van der Waals surface area contributed by atoms with E-state index >= 15 is 0 Å². The summed E-state index contributed by atoms with van der Waals surface area (Å²) >= 11 is 0. The minimum atomic E-state index is -0.533. The second-order valence-corrected chi connectivity index (χ2v) is 6.80. The van der Waals surface area contributed by atoms with E-state index in [1.165, 1.54) is 18.2 Å². The lowest BCUT2D eigenvalue weighted by Crippen LogP contribution is -2.21. The summed E-state index contributed by atoms with van der Waals surface area (Å²) in [5, 5.41) is 13.4. The van der Waals surface area contributed by atoms with Crippen molar-refractivity contribution in [3.8, 4) is 11.3 Å². The molecule has 3 N–H and O–H groups in total. The van der Waals surface area contributed by atoms with Crippen LogP contribution in [0.3, 0.4) is 0 Å². The zero-order valence-corrected chi connectivity index (χ0v) is 16.1. The fourth-order valence-corrected chi connectivity index (χ4v) is 3.05. The predicted octanol–water partition coefficient (Wildman–Crippen LogP) is 4.04. The summed E-state index contributed by atoms with van der Waals surface area (Å²) < 4.78 is 13.2. The molecule has 2 aromatic carbocycles. The minimum Gasteiger partial charge on any atom is -0.326 e. The second kappa shape index (κ2) is 8.12. The van der Waals surface area contributed by atoms with Gasteiger partial charge >= 0.3 is 0 Å². The number of fused-ring (bicyclic) bond motifs is 1. The zero-order valence-electron chi connectivity index (χ0n) is 16.1. The number of halogens is 1. The number of H-pyrrole nitrogens is 1. The molecule has 30 heavy (non-hydrogen) atoms. The molecule has 0 aliphatic rings. The molecule has 8 heteroatoms. The molecule has 4 aromatic rings. The number of aryl methyl sites for hydroxylation is 1. The van der Waals surface area contributed by atoms with Gasteiger partial charge in [0, 0.05) is 34.2 Å². The Morgan fingerprint density at radius 3 is 2.47 bits per heavy atom. The Morgan fingerprint density at radius 2 is 1.77 bits per heavy atom. The van der Waals surface area contributed by atoms with Crippen molar-refractivity contribution in [1.82, 2.24) is 15.2 Å². The highest BCUT2D eigenvalue weighted by atomic mass is 19.1.